The molecule has 0 atom stereocenters. The number of hydrazine groups is 2. The Balaban J connectivity index is 1.13. The highest BCUT2D eigenvalue weighted by atomic mass is 16.1. The first-order valence-corrected chi connectivity index (χ1v) is 13.9. The van der Waals surface area contributed by atoms with Crippen molar-refractivity contribution in [1.29, 1.82) is 0 Å². The van der Waals surface area contributed by atoms with E-state index in [4.69, 9.17) is 9.97 Å². The average molecular weight is 517 g/mol. The maximum absolute atomic E-state index is 12.7. The van der Waals surface area contributed by atoms with Crippen molar-refractivity contribution in [2.24, 2.45) is 11.0 Å². The van der Waals surface area contributed by atoms with Crippen molar-refractivity contribution in [3.8, 4) is 0 Å². The molecule has 4 heterocycles. The van der Waals surface area contributed by atoms with Crippen LogP contribution in [0.15, 0.2) is 40.4 Å². The minimum absolute atomic E-state index is 0.277. The summed E-state index contributed by atoms with van der Waals surface area (Å²) in [4.78, 5) is 24.8. The molecule has 3 aliphatic rings. The molecule has 200 valence electrons. The molecule has 38 heavy (non-hydrogen) atoms. The van der Waals surface area contributed by atoms with Crippen molar-refractivity contribution >= 4 is 28.2 Å². The highest BCUT2D eigenvalue weighted by Gasteiger charge is 2.23. The number of amidine groups is 1. The van der Waals surface area contributed by atoms with E-state index in [2.05, 4.69) is 66.3 Å². The normalized spacial score (nSPS) is 19.5. The highest BCUT2D eigenvalue weighted by Crippen LogP contribution is 2.32. The molecule has 1 aliphatic carbocycles. The number of likely N-dealkylation sites (tertiary alicyclic amines) is 1. The van der Waals surface area contributed by atoms with Crippen LogP contribution >= 0.6 is 0 Å². The number of fused-ring (bicyclic) bond motifs is 1. The fraction of sp³-hybridized carbons (Fsp3) is 0.519. The van der Waals surface area contributed by atoms with Crippen molar-refractivity contribution in [1.82, 2.24) is 41.6 Å². The molecule has 2 fully saturated rings. The third-order valence-electron chi connectivity index (χ3n) is 8.02. The van der Waals surface area contributed by atoms with Gasteiger partial charge in [0.2, 0.25) is 0 Å². The Morgan fingerprint density at radius 3 is 2.50 bits per heavy atom. The molecular weight excluding hydrogens is 480 g/mol. The Hall–Kier alpha value is -3.57. The SMILES string of the molecule is O=c1[nH]ncc2nc(C3CCCCCC3)nc(Nc3ccc(CN4CCC(CC5=NNNN5)CC4)cc3)c12. The second kappa shape index (κ2) is 11.4. The molecule has 1 saturated heterocycles. The number of piperidine rings is 1. The van der Waals surface area contributed by atoms with Gasteiger partial charge in [0, 0.05) is 24.6 Å². The van der Waals surface area contributed by atoms with Crippen LogP contribution in [0.1, 0.15) is 75.1 Å². The highest BCUT2D eigenvalue weighted by molar-refractivity contribution is 5.89. The summed E-state index contributed by atoms with van der Waals surface area (Å²) in [6.45, 7) is 3.11. The van der Waals surface area contributed by atoms with E-state index < -0.39 is 0 Å². The Bertz CT molecular complexity index is 1320. The number of aromatic amines is 1. The number of hydrazone groups is 1. The van der Waals surface area contributed by atoms with Gasteiger partial charge >= 0.3 is 0 Å². The van der Waals surface area contributed by atoms with Gasteiger partial charge in [-0.2, -0.15) is 5.10 Å². The Morgan fingerprint density at radius 1 is 0.974 bits per heavy atom. The Kier molecular flexibility index (Phi) is 7.45. The zero-order valence-corrected chi connectivity index (χ0v) is 21.7. The Labute approximate surface area is 221 Å². The van der Waals surface area contributed by atoms with Gasteiger partial charge < -0.3 is 5.32 Å². The van der Waals surface area contributed by atoms with E-state index in [0.29, 0.717) is 28.6 Å². The van der Waals surface area contributed by atoms with E-state index in [9.17, 15) is 4.79 Å². The molecule has 1 aromatic carbocycles. The van der Waals surface area contributed by atoms with Gasteiger partial charge in [0.25, 0.3) is 5.56 Å². The van der Waals surface area contributed by atoms with E-state index in [1.807, 2.05) is 0 Å². The standard InChI is InChI=1S/C27H36N10O/c38-27-24-22(16-28-34-27)30-25(20-5-3-1-2-4-6-20)31-26(24)29-21-9-7-19(8-10-21)17-37-13-11-18(12-14-37)15-23-32-35-36-33-23/h7-10,16,18,20,35-36H,1-6,11-15,17H2,(H,32,33)(H,34,38)(H,29,30,31). The van der Waals surface area contributed by atoms with Gasteiger partial charge in [0.15, 0.2) is 0 Å². The topological polar surface area (TPSA) is 135 Å². The van der Waals surface area contributed by atoms with Crippen LogP contribution in [0, 0.1) is 5.92 Å². The number of nitrogens with zero attached hydrogens (tertiary/aromatic N) is 5. The van der Waals surface area contributed by atoms with Crippen LogP contribution in [0.2, 0.25) is 0 Å². The third-order valence-corrected chi connectivity index (χ3v) is 8.02. The average Bonchev–Trinajstić information content (AvgIpc) is 3.29. The molecule has 2 aromatic heterocycles. The summed E-state index contributed by atoms with van der Waals surface area (Å²) in [5.41, 5.74) is 11.1. The van der Waals surface area contributed by atoms with E-state index in [0.717, 1.165) is 56.2 Å². The Morgan fingerprint density at radius 2 is 1.76 bits per heavy atom. The first kappa shape index (κ1) is 24.7. The summed E-state index contributed by atoms with van der Waals surface area (Å²) in [5.74, 6) is 3.35. The molecular formula is C27H36N10O. The maximum Gasteiger partial charge on any atom is 0.277 e. The number of rotatable bonds is 7. The molecule has 0 spiro atoms. The van der Waals surface area contributed by atoms with Crippen LogP contribution in [0.3, 0.4) is 0 Å². The molecule has 0 bridgehead atoms. The summed E-state index contributed by atoms with van der Waals surface area (Å²) in [6.07, 6.45) is 12.1. The third kappa shape index (κ3) is 5.78. The van der Waals surface area contributed by atoms with E-state index >= 15 is 0 Å². The second-order valence-electron chi connectivity index (χ2n) is 10.7. The molecule has 0 amide bonds. The van der Waals surface area contributed by atoms with Crippen LogP contribution in [0.5, 0.6) is 0 Å². The number of H-pyrrole nitrogens is 1. The van der Waals surface area contributed by atoms with Crippen molar-refractivity contribution in [2.75, 3.05) is 18.4 Å². The van der Waals surface area contributed by atoms with Crippen LogP contribution in [0.25, 0.3) is 10.9 Å². The largest absolute Gasteiger partial charge is 0.339 e. The molecule has 11 nitrogen and oxygen atoms in total. The van der Waals surface area contributed by atoms with Crippen LogP contribution in [0.4, 0.5) is 11.5 Å². The van der Waals surface area contributed by atoms with Crippen molar-refractivity contribution in [3.05, 3.63) is 52.2 Å². The van der Waals surface area contributed by atoms with Gasteiger partial charge in [-0.1, -0.05) is 37.8 Å². The minimum Gasteiger partial charge on any atom is -0.339 e. The molecule has 11 heteroatoms. The van der Waals surface area contributed by atoms with Gasteiger partial charge in [0.05, 0.1) is 6.20 Å². The van der Waals surface area contributed by atoms with Crippen LogP contribution in [-0.2, 0) is 6.54 Å². The van der Waals surface area contributed by atoms with Gasteiger partial charge in [-0.25, -0.2) is 20.6 Å². The lowest BCUT2D eigenvalue weighted by molar-refractivity contribution is 0.180. The zero-order chi connectivity index (χ0) is 25.7. The fourth-order valence-corrected chi connectivity index (χ4v) is 5.86. The summed E-state index contributed by atoms with van der Waals surface area (Å²) >= 11 is 0. The summed E-state index contributed by atoms with van der Waals surface area (Å²) in [7, 11) is 0. The predicted octanol–water partition coefficient (Wildman–Crippen LogP) is 3.42. The summed E-state index contributed by atoms with van der Waals surface area (Å²) < 4.78 is 0. The van der Waals surface area contributed by atoms with E-state index in [-0.39, 0.29) is 5.56 Å². The lowest BCUT2D eigenvalue weighted by Crippen LogP contribution is -2.38. The molecule has 5 N–H and O–H groups in total. The van der Waals surface area contributed by atoms with Crippen LogP contribution in [-0.4, -0.2) is 44.0 Å². The number of benzene rings is 1. The first-order chi connectivity index (χ1) is 18.7. The van der Waals surface area contributed by atoms with Gasteiger partial charge in [-0.15, -0.1) is 10.6 Å². The maximum atomic E-state index is 12.7. The van der Waals surface area contributed by atoms with E-state index in [1.165, 1.54) is 44.1 Å². The molecule has 1 saturated carbocycles. The minimum atomic E-state index is -0.277. The monoisotopic (exact) mass is 516 g/mol. The lowest BCUT2D eigenvalue weighted by atomic mass is 9.93. The molecule has 3 aromatic rings. The van der Waals surface area contributed by atoms with Crippen molar-refractivity contribution in [3.63, 3.8) is 0 Å². The first-order valence-electron chi connectivity index (χ1n) is 13.9. The van der Waals surface area contributed by atoms with Gasteiger partial charge in [-0.3, -0.25) is 15.1 Å². The molecule has 0 unspecified atom stereocenters. The molecule has 6 rings (SSSR count). The lowest BCUT2D eigenvalue weighted by Gasteiger charge is -2.31. The number of anilines is 2. The predicted molar refractivity (Wildman–Crippen MR) is 148 cm³/mol. The number of aromatic nitrogens is 4. The van der Waals surface area contributed by atoms with Crippen LogP contribution < -0.4 is 27.4 Å². The zero-order valence-electron chi connectivity index (χ0n) is 21.7. The van der Waals surface area contributed by atoms with Crippen molar-refractivity contribution < 1.29 is 0 Å². The quantitative estimate of drug-likeness (QED) is 0.299. The van der Waals surface area contributed by atoms with Crippen molar-refractivity contribution in [2.45, 2.75) is 70.3 Å². The molecule has 2 aliphatic heterocycles. The fourth-order valence-electron chi connectivity index (χ4n) is 5.86. The number of nitrogens with one attached hydrogen (secondary N) is 5. The summed E-state index contributed by atoms with van der Waals surface area (Å²) in [6, 6.07) is 8.45. The number of hydrogen-bond acceptors (Lipinski definition) is 10. The second-order valence-corrected chi connectivity index (χ2v) is 10.7. The number of hydrogen-bond donors (Lipinski definition) is 5. The smallest absolute Gasteiger partial charge is 0.277 e. The van der Waals surface area contributed by atoms with Gasteiger partial charge in [0.1, 0.15) is 28.4 Å². The van der Waals surface area contributed by atoms with Gasteiger partial charge in [-0.05, 0) is 62.4 Å². The van der Waals surface area contributed by atoms with E-state index in [1.54, 1.807) is 6.20 Å². The summed E-state index contributed by atoms with van der Waals surface area (Å²) in [5, 5.41) is 14.6. The molecule has 0 radical (unpaired) electrons.